The van der Waals surface area contributed by atoms with Crippen LogP contribution in [0.25, 0.3) is 0 Å². The summed E-state index contributed by atoms with van der Waals surface area (Å²) in [5.74, 6) is -0.306. The van der Waals surface area contributed by atoms with Crippen molar-refractivity contribution in [2.24, 2.45) is 0 Å². The van der Waals surface area contributed by atoms with Gasteiger partial charge in [0, 0.05) is 22.5 Å². The lowest BCUT2D eigenvalue weighted by molar-refractivity contribution is 0.0980. The molecule has 4 aromatic carbocycles. The van der Waals surface area contributed by atoms with Gasteiger partial charge in [-0.15, -0.1) is 0 Å². The van der Waals surface area contributed by atoms with E-state index in [1.54, 1.807) is 24.3 Å². The summed E-state index contributed by atoms with van der Waals surface area (Å²) in [6.45, 7) is 8.01. The number of hydrogen-bond acceptors (Lipinski definition) is 4. The van der Waals surface area contributed by atoms with Crippen LogP contribution in [0.5, 0.6) is 0 Å². The Morgan fingerprint density at radius 2 is 0.824 bits per heavy atom. The maximum absolute atomic E-state index is 13.6. The normalized spacial score (nSPS) is 11.6. The average molecular weight is 449 g/mol. The monoisotopic (exact) mass is 448 g/mol. The fourth-order valence-electron chi connectivity index (χ4n) is 4.15. The van der Waals surface area contributed by atoms with E-state index in [4.69, 9.17) is 0 Å². The van der Waals surface area contributed by atoms with Crippen molar-refractivity contribution in [2.45, 2.75) is 27.7 Å². The maximum atomic E-state index is 13.6. The molecule has 0 bridgehead atoms. The first-order valence-electron chi connectivity index (χ1n) is 11.6. The van der Waals surface area contributed by atoms with Crippen molar-refractivity contribution in [3.05, 3.63) is 118 Å². The predicted molar refractivity (Wildman–Crippen MR) is 140 cm³/mol. The number of aryl methyl sites for hydroxylation is 2. The van der Waals surface area contributed by atoms with Gasteiger partial charge in [0.15, 0.2) is 11.6 Å². The molecule has 0 fully saturated rings. The molecule has 4 nitrogen and oxygen atoms in total. The molecule has 0 spiro atoms. The number of fused-ring (bicyclic) bond motifs is 2. The number of ketones is 2. The molecular weight excluding hydrogens is 420 g/mol. The molecule has 4 aromatic rings. The molecule has 5 rings (SSSR count). The molecule has 2 N–H and O–H groups in total. The highest BCUT2D eigenvalue weighted by Gasteiger charge is 2.34. The number of anilines is 4. The van der Waals surface area contributed by atoms with Crippen LogP contribution in [0.1, 0.15) is 56.8 Å². The molecule has 34 heavy (non-hydrogen) atoms. The Balaban J connectivity index is 0.00000133. The Kier molecular flexibility index (Phi) is 6.60. The molecule has 0 atom stereocenters. The lowest BCUT2D eigenvalue weighted by Crippen LogP contribution is -2.23. The zero-order valence-electron chi connectivity index (χ0n) is 19.9. The number of para-hydroxylation sites is 2. The summed E-state index contributed by atoms with van der Waals surface area (Å²) in [5.41, 5.74) is 6.82. The average Bonchev–Trinajstić information content (AvgIpc) is 2.87. The van der Waals surface area contributed by atoms with E-state index in [9.17, 15) is 9.59 Å². The summed E-state index contributed by atoms with van der Waals surface area (Å²) >= 11 is 0. The van der Waals surface area contributed by atoms with E-state index in [-0.39, 0.29) is 11.6 Å². The number of nitrogens with one attached hydrogen (secondary N) is 2. The highest BCUT2D eigenvalue weighted by Crippen LogP contribution is 2.39. The van der Waals surface area contributed by atoms with Crippen LogP contribution < -0.4 is 10.6 Å². The highest BCUT2D eigenvalue weighted by atomic mass is 16.1. The van der Waals surface area contributed by atoms with Crippen LogP contribution in [0.2, 0.25) is 0 Å². The summed E-state index contributed by atoms with van der Waals surface area (Å²) < 4.78 is 0. The standard InChI is InChI=1S/C28H22N2O2.C2H6/c1-17-9-3-7-13-21(17)29-23-15-16-24(30-22-14-8-4-10-18(22)2)26-25(23)27(31)19-11-5-6-12-20(19)28(26)32;1-2/h3-16,29-30H,1-2H3;1-2H3. The summed E-state index contributed by atoms with van der Waals surface area (Å²) in [7, 11) is 0. The second-order valence-electron chi connectivity index (χ2n) is 7.99. The summed E-state index contributed by atoms with van der Waals surface area (Å²) in [4.78, 5) is 27.2. The van der Waals surface area contributed by atoms with E-state index in [1.165, 1.54) is 0 Å². The van der Waals surface area contributed by atoms with Gasteiger partial charge in [0.2, 0.25) is 0 Å². The number of hydrogen-bond donors (Lipinski definition) is 2. The van der Waals surface area contributed by atoms with E-state index in [2.05, 4.69) is 10.6 Å². The maximum Gasteiger partial charge on any atom is 0.196 e. The van der Waals surface area contributed by atoms with E-state index in [1.807, 2.05) is 88.4 Å². The minimum absolute atomic E-state index is 0.153. The minimum atomic E-state index is -0.153. The summed E-state index contributed by atoms with van der Waals surface area (Å²) in [6.07, 6.45) is 0. The fraction of sp³-hybridized carbons (Fsp3) is 0.133. The smallest absolute Gasteiger partial charge is 0.196 e. The molecule has 0 heterocycles. The van der Waals surface area contributed by atoms with Gasteiger partial charge in [0.1, 0.15) is 0 Å². The van der Waals surface area contributed by atoms with Gasteiger partial charge < -0.3 is 10.6 Å². The largest absolute Gasteiger partial charge is 0.355 e. The van der Waals surface area contributed by atoms with Crippen LogP contribution in [0.4, 0.5) is 22.7 Å². The molecule has 0 saturated heterocycles. The molecule has 4 heteroatoms. The first-order chi connectivity index (χ1) is 16.5. The second kappa shape index (κ2) is 9.75. The Morgan fingerprint density at radius 1 is 0.471 bits per heavy atom. The quantitative estimate of drug-likeness (QED) is 0.297. The molecule has 0 unspecified atom stereocenters. The first-order valence-corrected chi connectivity index (χ1v) is 11.6. The topological polar surface area (TPSA) is 58.2 Å². The Labute approximate surface area is 200 Å². The van der Waals surface area contributed by atoms with Crippen molar-refractivity contribution >= 4 is 34.3 Å². The van der Waals surface area contributed by atoms with E-state index < -0.39 is 0 Å². The third-order valence-corrected chi connectivity index (χ3v) is 5.90. The van der Waals surface area contributed by atoms with Gasteiger partial charge in [0.25, 0.3) is 0 Å². The third-order valence-electron chi connectivity index (χ3n) is 5.90. The highest BCUT2D eigenvalue weighted by molar-refractivity contribution is 6.32. The Morgan fingerprint density at radius 3 is 1.21 bits per heavy atom. The van der Waals surface area contributed by atoms with Gasteiger partial charge in [0.05, 0.1) is 22.5 Å². The predicted octanol–water partition coefficient (Wildman–Crippen LogP) is 7.59. The fourth-order valence-corrected chi connectivity index (χ4v) is 4.15. The van der Waals surface area contributed by atoms with Crippen LogP contribution in [0.15, 0.2) is 84.9 Å². The third kappa shape index (κ3) is 4.11. The first kappa shape index (κ1) is 23.0. The van der Waals surface area contributed by atoms with E-state index >= 15 is 0 Å². The number of carbonyl (C=O) groups excluding carboxylic acids is 2. The van der Waals surface area contributed by atoms with Gasteiger partial charge in [-0.3, -0.25) is 9.59 Å². The molecule has 0 aliphatic heterocycles. The van der Waals surface area contributed by atoms with Crippen LogP contribution >= 0.6 is 0 Å². The van der Waals surface area contributed by atoms with E-state index in [0.29, 0.717) is 33.6 Å². The SMILES string of the molecule is CC.Cc1ccccc1Nc1ccc(Nc2ccccc2C)c2c1C(=O)c1ccccc1C2=O. The van der Waals surface area contributed by atoms with E-state index in [0.717, 1.165) is 22.5 Å². The van der Waals surface area contributed by atoms with Crippen LogP contribution in [-0.4, -0.2) is 11.6 Å². The van der Waals surface area contributed by atoms with Gasteiger partial charge in [-0.05, 0) is 49.2 Å². The van der Waals surface area contributed by atoms with Crippen LogP contribution in [-0.2, 0) is 0 Å². The molecule has 1 aliphatic rings. The molecular formula is C30H28N2O2. The number of benzene rings is 4. The Hall–Kier alpha value is -4.18. The molecule has 0 amide bonds. The van der Waals surface area contributed by atoms with Crippen LogP contribution in [0, 0.1) is 13.8 Å². The summed E-state index contributed by atoms with van der Waals surface area (Å²) in [5, 5.41) is 6.77. The van der Waals surface area contributed by atoms with Gasteiger partial charge in [-0.1, -0.05) is 74.5 Å². The van der Waals surface area contributed by atoms with Crippen molar-refractivity contribution in [1.29, 1.82) is 0 Å². The van der Waals surface area contributed by atoms with Gasteiger partial charge >= 0.3 is 0 Å². The molecule has 1 aliphatic carbocycles. The van der Waals surface area contributed by atoms with Gasteiger partial charge in [-0.2, -0.15) is 0 Å². The molecule has 0 saturated carbocycles. The van der Waals surface area contributed by atoms with Crippen molar-refractivity contribution in [2.75, 3.05) is 10.6 Å². The lowest BCUT2D eigenvalue weighted by atomic mass is 9.82. The van der Waals surface area contributed by atoms with Gasteiger partial charge in [-0.25, -0.2) is 0 Å². The van der Waals surface area contributed by atoms with Crippen LogP contribution in [0.3, 0.4) is 0 Å². The van der Waals surface area contributed by atoms with Crippen molar-refractivity contribution in [3.63, 3.8) is 0 Å². The Bertz CT molecular complexity index is 1280. The summed E-state index contributed by atoms with van der Waals surface area (Å²) in [6, 6.07) is 26.5. The molecule has 0 aromatic heterocycles. The lowest BCUT2D eigenvalue weighted by Gasteiger charge is -2.24. The number of carbonyl (C=O) groups is 2. The van der Waals surface area contributed by atoms with Crippen molar-refractivity contribution in [3.8, 4) is 0 Å². The van der Waals surface area contributed by atoms with Crippen molar-refractivity contribution < 1.29 is 9.59 Å². The minimum Gasteiger partial charge on any atom is -0.355 e. The molecule has 0 radical (unpaired) electrons. The zero-order chi connectivity index (χ0) is 24.2. The molecule has 170 valence electrons. The number of rotatable bonds is 4. The zero-order valence-corrected chi connectivity index (χ0v) is 19.9. The van der Waals surface area contributed by atoms with Crippen molar-refractivity contribution in [1.82, 2.24) is 0 Å². The second-order valence-corrected chi connectivity index (χ2v) is 7.99.